The molecule has 4 nitrogen and oxygen atoms in total. The van der Waals surface area contributed by atoms with Crippen LogP contribution in [0, 0.1) is 11.8 Å². The third-order valence-corrected chi connectivity index (χ3v) is 1.76. The highest BCUT2D eigenvalue weighted by molar-refractivity contribution is 5.79. The van der Waals surface area contributed by atoms with Crippen molar-refractivity contribution < 1.29 is 19.8 Å². The molecule has 2 atom stereocenters. The molecule has 0 spiro atoms. The maximum Gasteiger partial charge on any atom is 0.0489 e. The molecule has 0 heterocycles. The topological polar surface area (TPSA) is 80.3 Å². The largest absolute Gasteiger partial charge is 0.550 e. The average Bonchev–Trinajstić information content (AvgIpc) is 2.04. The smallest absolute Gasteiger partial charge is 0.0489 e. The summed E-state index contributed by atoms with van der Waals surface area (Å²) in [6.07, 6.45) is 3.58. The Kier molecular flexibility index (Phi) is 4.80. The Morgan fingerprint density at radius 3 is 2.15 bits per heavy atom. The van der Waals surface area contributed by atoms with Crippen molar-refractivity contribution in [3.63, 3.8) is 0 Å². The molecule has 4 heteroatoms. The van der Waals surface area contributed by atoms with Crippen molar-refractivity contribution in [3.05, 3.63) is 12.2 Å². The Balaban J connectivity index is 4.51. The molecular formula is C9H12O4-2. The van der Waals surface area contributed by atoms with Crippen molar-refractivity contribution in [1.82, 2.24) is 0 Å². The molecule has 13 heavy (non-hydrogen) atoms. The van der Waals surface area contributed by atoms with Crippen LogP contribution in [0.3, 0.4) is 0 Å². The molecule has 2 unspecified atom stereocenters. The van der Waals surface area contributed by atoms with Gasteiger partial charge in [0.1, 0.15) is 0 Å². The second-order valence-electron chi connectivity index (χ2n) is 2.79. The summed E-state index contributed by atoms with van der Waals surface area (Å²) >= 11 is 0. The lowest BCUT2D eigenvalue weighted by molar-refractivity contribution is -0.324. The maximum atomic E-state index is 10.5. The molecule has 0 aliphatic rings. The lowest BCUT2D eigenvalue weighted by atomic mass is 9.94. The van der Waals surface area contributed by atoms with Gasteiger partial charge in [-0.25, -0.2) is 0 Å². The number of aliphatic carboxylic acids is 2. The fourth-order valence-corrected chi connectivity index (χ4v) is 0.879. The van der Waals surface area contributed by atoms with Crippen molar-refractivity contribution in [2.24, 2.45) is 11.8 Å². The summed E-state index contributed by atoms with van der Waals surface area (Å²) in [6, 6.07) is 0. The summed E-state index contributed by atoms with van der Waals surface area (Å²) < 4.78 is 0. The molecule has 0 bridgehead atoms. The minimum absolute atomic E-state index is 0.656. The molecule has 0 aromatic carbocycles. The van der Waals surface area contributed by atoms with Gasteiger partial charge in [0, 0.05) is 23.8 Å². The second kappa shape index (κ2) is 5.35. The summed E-state index contributed by atoms with van der Waals surface area (Å²) in [4.78, 5) is 20.9. The summed E-state index contributed by atoms with van der Waals surface area (Å²) in [5.74, 6) is -4.94. The fraction of sp³-hybridized carbons (Fsp3) is 0.556. The monoisotopic (exact) mass is 184 g/mol. The molecule has 74 valence electrons. The van der Waals surface area contributed by atoms with E-state index in [0.29, 0.717) is 6.42 Å². The minimum atomic E-state index is -1.39. The first kappa shape index (κ1) is 11.7. The Hall–Kier alpha value is -1.32. The van der Waals surface area contributed by atoms with Crippen LogP contribution in [0.25, 0.3) is 0 Å². The van der Waals surface area contributed by atoms with Crippen LogP contribution in [-0.2, 0) is 9.59 Å². The molecule has 0 amide bonds. The number of allylic oxidation sites excluding steroid dienone is 1. The maximum absolute atomic E-state index is 10.5. The molecule has 0 fully saturated rings. The number of carbonyl (C=O) groups excluding carboxylic acids is 2. The Morgan fingerprint density at radius 1 is 1.31 bits per heavy atom. The second-order valence-corrected chi connectivity index (χ2v) is 2.79. The van der Waals surface area contributed by atoms with E-state index in [-0.39, 0.29) is 0 Å². The lowest BCUT2D eigenvalue weighted by Crippen LogP contribution is -2.41. The van der Waals surface area contributed by atoms with Crippen LogP contribution in [0.5, 0.6) is 0 Å². The Labute approximate surface area is 76.9 Å². The normalized spacial score (nSPS) is 15.5. The summed E-state index contributed by atoms with van der Waals surface area (Å²) in [6.45, 7) is 3.11. The van der Waals surface area contributed by atoms with Crippen LogP contribution >= 0.6 is 0 Å². The van der Waals surface area contributed by atoms with E-state index in [4.69, 9.17) is 0 Å². The van der Waals surface area contributed by atoms with Gasteiger partial charge in [0.15, 0.2) is 0 Å². The zero-order chi connectivity index (χ0) is 10.4. The van der Waals surface area contributed by atoms with E-state index < -0.39 is 23.8 Å². The van der Waals surface area contributed by atoms with Crippen LogP contribution in [0.2, 0.25) is 0 Å². The van der Waals surface area contributed by atoms with Gasteiger partial charge >= 0.3 is 0 Å². The molecule has 0 aromatic heterocycles. The number of hydrogen-bond donors (Lipinski definition) is 0. The number of hydrogen-bond acceptors (Lipinski definition) is 4. The van der Waals surface area contributed by atoms with E-state index in [9.17, 15) is 19.8 Å². The standard InChI is InChI=1S/C9H14O4/c1-3-4-5-7(9(12)13)6(2)8(10)11/h4-7H,3H2,1-2H3,(H,10,11)(H,12,13)/p-2/b5-4+. The molecular weight excluding hydrogens is 172 g/mol. The molecule has 0 N–H and O–H groups in total. The molecule has 0 aliphatic heterocycles. The zero-order valence-electron chi connectivity index (χ0n) is 7.65. The minimum Gasteiger partial charge on any atom is -0.550 e. The molecule has 0 aromatic rings. The van der Waals surface area contributed by atoms with Gasteiger partial charge in [0.2, 0.25) is 0 Å². The predicted molar refractivity (Wildman–Crippen MR) is 42.1 cm³/mol. The Bertz CT molecular complexity index is 220. The summed E-state index contributed by atoms with van der Waals surface area (Å²) in [7, 11) is 0. The van der Waals surface area contributed by atoms with Crippen LogP contribution in [-0.4, -0.2) is 11.9 Å². The van der Waals surface area contributed by atoms with Gasteiger partial charge < -0.3 is 19.8 Å². The van der Waals surface area contributed by atoms with Gasteiger partial charge in [-0.3, -0.25) is 0 Å². The predicted octanol–water partition coefficient (Wildman–Crippen LogP) is -1.30. The Morgan fingerprint density at radius 2 is 1.85 bits per heavy atom. The molecule has 0 radical (unpaired) electrons. The van der Waals surface area contributed by atoms with Gasteiger partial charge in [-0.15, -0.1) is 0 Å². The molecule has 0 saturated heterocycles. The lowest BCUT2D eigenvalue weighted by Gasteiger charge is -2.22. The van der Waals surface area contributed by atoms with Crippen LogP contribution in [0.4, 0.5) is 0 Å². The summed E-state index contributed by atoms with van der Waals surface area (Å²) in [5, 5.41) is 20.9. The summed E-state index contributed by atoms with van der Waals surface area (Å²) in [5.41, 5.74) is 0. The van der Waals surface area contributed by atoms with Gasteiger partial charge in [-0.05, 0) is 6.42 Å². The quantitative estimate of drug-likeness (QED) is 0.497. The first-order valence-electron chi connectivity index (χ1n) is 4.09. The highest BCUT2D eigenvalue weighted by Gasteiger charge is 2.15. The van der Waals surface area contributed by atoms with Gasteiger partial charge in [-0.1, -0.05) is 26.0 Å². The van der Waals surface area contributed by atoms with Crippen molar-refractivity contribution in [1.29, 1.82) is 0 Å². The van der Waals surface area contributed by atoms with Gasteiger partial charge in [0.25, 0.3) is 0 Å². The van der Waals surface area contributed by atoms with Gasteiger partial charge in [-0.2, -0.15) is 0 Å². The van der Waals surface area contributed by atoms with Crippen LogP contribution in [0.1, 0.15) is 20.3 Å². The third-order valence-electron chi connectivity index (χ3n) is 1.76. The van der Waals surface area contributed by atoms with E-state index in [2.05, 4.69) is 0 Å². The van der Waals surface area contributed by atoms with Crippen LogP contribution in [0.15, 0.2) is 12.2 Å². The third kappa shape index (κ3) is 3.73. The highest BCUT2D eigenvalue weighted by atomic mass is 16.4. The van der Waals surface area contributed by atoms with Crippen LogP contribution < -0.4 is 10.2 Å². The molecule has 0 aliphatic carbocycles. The van der Waals surface area contributed by atoms with Crippen molar-refractivity contribution >= 4 is 11.9 Å². The van der Waals surface area contributed by atoms with Gasteiger partial charge in [0.05, 0.1) is 0 Å². The number of carbonyl (C=O) groups is 2. The van der Waals surface area contributed by atoms with Crippen molar-refractivity contribution in [3.8, 4) is 0 Å². The first-order valence-corrected chi connectivity index (χ1v) is 4.09. The number of rotatable bonds is 5. The SMILES string of the molecule is CC/C=C/C(C(=O)[O-])C(C)C(=O)[O-]. The number of carboxylic acids is 2. The van der Waals surface area contributed by atoms with E-state index in [1.165, 1.54) is 13.0 Å². The van der Waals surface area contributed by atoms with Crippen molar-refractivity contribution in [2.75, 3.05) is 0 Å². The molecule has 0 rings (SSSR count). The van der Waals surface area contributed by atoms with E-state index in [1.54, 1.807) is 6.08 Å². The van der Waals surface area contributed by atoms with E-state index in [0.717, 1.165) is 0 Å². The van der Waals surface area contributed by atoms with E-state index >= 15 is 0 Å². The number of carboxylic acid groups (broad SMARTS) is 2. The van der Waals surface area contributed by atoms with E-state index in [1.807, 2.05) is 6.92 Å². The first-order chi connectivity index (χ1) is 6.00. The average molecular weight is 184 g/mol. The molecule has 0 saturated carbocycles. The fourth-order valence-electron chi connectivity index (χ4n) is 0.879. The highest BCUT2D eigenvalue weighted by Crippen LogP contribution is 2.12. The van der Waals surface area contributed by atoms with Crippen molar-refractivity contribution in [2.45, 2.75) is 20.3 Å². The zero-order valence-corrected chi connectivity index (χ0v) is 7.65.